The first-order valence-electron chi connectivity index (χ1n) is 4.30. The molecule has 0 unspecified atom stereocenters. The van der Waals surface area contributed by atoms with Crippen LogP contribution in [-0.2, 0) is 0 Å². The van der Waals surface area contributed by atoms with E-state index in [1.165, 1.54) is 17.5 Å². The number of nitrogens with one attached hydrogen (secondary N) is 1. The summed E-state index contributed by atoms with van der Waals surface area (Å²) in [5, 5.41) is 8.99. The second-order valence-corrected chi connectivity index (χ2v) is 5.47. The van der Waals surface area contributed by atoms with Gasteiger partial charge < -0.3 is 10.1 Å². The lowest BCUT2D eigenvalue weighted by atomic mass is 10.1. The van der Waals surface area contributed by atoms with Crippen LogP contribution in [-0.4, -0.2) is 16.1 Å². The Morgan fingerprint density at radius 1 is 1.38 bits per heavy atom. The highest BCUT2D eigenvalue weighted by molar-refractivity contribution is 9.11. The Morgan fingerprint density at radius 3 is 2.69 bits per heavy atom. The van der Waals surface area contributed by atoms with E-state index in [0.717, 1.165) is 8.66 Å². The Labute approximate surface area is 103 Å². The molecule has 0 aromatic carbocycles. The second-order valence-electron chi connectivity index (χ2n) is 3.00. The van der Waals surface area contributed by atoms with Crippen LogP contribution >= 0.6 is 27.3 Å². The van der Waals surface area contributed by atoms with Crippen LogP contribution in [0, 0.1) is 0 Å². The van der Waals surface area contributed by atoms with Gasteiger partial charge >= 0.3 is 5.97 Å². The minimum absolute atomic E-state index is 0.225. The van der Waals surface area contributed by atoms with E-state index < -0.39 is 11.5 Å². The standard InChI is InChI=1S/C10H6BrNO3S/c11-7-2-1-6(16-7)5-3-4-12-9(13)8(5)10(14)15/h1-4H,(H,12,13)(H,14,15). The summed E-state index contributed by atoms with van der Waals surface area (Å²) >= 11 is 4.68. The number of hydrogen-bond acceptors (Lipinski definition) is 3. The molecule has 2 rings (SSSR count). The van der Waals surface area contributed by atoms with Crippen LogP contribution in [0.5, 0.6) is 0 Å². The average Bonchev–Trinajstić information content (AvgIpc) is 2.63. The van der Waals surface area contributed by atoms with Crippen molar-refractivity contribution in [2.24, 2.45) is 0 Å². The van der Waals surface area contributed by atoms with Gasteiger partial charge in [-0.2, -0.15) is 0 Å². The van der Waals surface area contributed by atoms with Crippen molar-refractivity contribution in [1.82, 2.24) is 4.98 Å². The maximum atomic E-state index is 11.4. The van der Waals surface area contributed by atoms with Crippen LogP contribution in [0.15, 0.2) is 33.0 Å². The number of aromatic nitrogens is 1. The van der Waals surface area contributed by atoms with Crippen molar-refractivity contribution < 1.29 is 9.90 Å². The van der Waals surface area contributed by atoms with Gasteiger partial charge in [-0.25, -0.2) is 4.79 Å². The molecule has 2 N–H and O–H groups in total. The zero-order chi connectivity index (χ0) is 11.7. The van der Waals surface area contributed by atoms with E-state index in [0.29, 0.717) is 5.56 Å². The van der Waals surface area contributed by atoms with Gasteiger partial charge in [0.2, 0.25) is 0 Å². The van der Waals surface area contributed by atoms with Gasteiger partial charge in [-0.15, -0.1) is 11.3 Å². The molecule has 0 amide bonds. The first-order chi connectivity index (χ1) is 7.59. The smallest absolute Gasteiger partial charge is 0.342 e. The van der Waals surface area contributed by atoms with Crippen LogP contribution in [0.25, 0.3) is 10.4 Å². The predicted molar refractivity (Wildman–Crippen MR) is 65.0 cm³/mol. The van der Waals surface area contributed by atoms with Crippen LogP contribution in [0.4, 0.5) is 0 Å². The summed E-state index contributed by atoms with van der Waals surface area (Å²) in [6.07, 6.45) is 1.44. The van der Waals surface area contributed by atoms with Crippen LogP contribution < -0.4 is 5.56 Å². The summed E-state index contributed by atoms with van der Waals surface area (Å²) in [5.41, 5.74) is -0.377. The first-order valence-corrected chi connectivity index (χ1v) is 5.91. The third-order valence-corrected chi connectivity index (χ3v) is 3.67. The van der Waals surface area contributed by atoms with Gasteiger partial charge in [0, 0.05) is 16.6 Å². The summed E-state index contributed by atoms with van der Waals surface area (Å²) < 4.78 is 0.888. The lowest BCUT2D eigenvalue weighted by molar-refractivity contribution is 0.0696. The van der Waals surface area contributed by atoms with Crippen molar-refractivity contribution in [3.05, 3.63) is 44.1 Å². The van der Waals surface area contributed by atoms with Crippen molar-refractivity contribution in [2.75, 3.05) is 0 Å². The summed E-state index contributed by atoms with van der Waals surface area (Å²) in [6, 6.07) is 5.17. The zero-order valence-electron chi connectivity index (χ0n) is 7.86. The number of carboxylic acid groups (broad SMARTS) is 1. The number of rotatable bonds is 2. The van der Waals surface area contributed by atoms with Crippen molar-refractivity contribution in [3.8, 4) is 10.4 Å². The molecular formula is C10H6BrNO3S. The summed E-state index contributed by atoms with van der Waals surface area (Å²) in [7, 11) is 0. The maximum absolute atomic E-state index is 11.4. The highest BCUT2D eigenvalue weighted by atomic mass is 79.9. The molecule has 0 bridgehead atoms. The van der Waals surface area contributed by atoms with E-state index in [4.69, 9.17) is 5.11 Å². The van der Waals surface area contributed by atoms with Gasteiger partial charge in [-0.1, -0.05) is 0 Å². The molecule has 16 heavy (non-hydrogen) atoms. The molecule has 0 saturated heterocycles. The Hall–Kier alpha value is -1.40. The molecular weight excluding hydrogens is 294 g/mol. The molecule has 2 heterocycles. The van der Waals surface area contributed by atoms with Gasteiger partial charge in [0.25, 0.3) is 5.56 Å². The number of pyridine rings is 1. The van der Waals surface area contributed by atoms with Gasteiger partial charge in [0.1, 0.15) is 5.56 Å². The number of carbonyl (C=O) groups is 1. The number of hydrogen-bond donors (Lipinski definition) is 2. The average molecular weight is 300 g/mol. The largest absolute Gasteiger partial charge is 0.477 e. The van der Waals surface area contributed by atoms with Crippen molar-refractivity contribution in [1.29, 1.82) is 0 Å². The highest BCUT2D eigenvalue weighted by Crippen LogP contribution is 2.32. The zero-order valence-corrected chi connectivity index (χ0v) is 10.3. The lowest BCUT2D eigenvalue weighted by Gasteiger charge is -2.01. The predicted octanol–water partition coefficient (Wildman–Crippen LogP) is 2.56. The molecule has 0 spiro atoms. The first kappa shape index (κ1) is 11.1. The molecule has 0 aliphatic heterocycles. The Balaban J connectivity index is 2.70. The normalized spacial score (nSPS) is 10.3. The number of aromatic amines is 1. The molecule has 2 aromatic heterocycles. The fourth-order valence-corrected chi connectivity index (χ4v) is 2.77. The molecule has 0 saturated carbocycles. The van der Waals surface area contributed by atoms with E-state index in [-0.39, 0.29) is 5.56 Å². The van der Waals surface area contributed by atoms with Gasteiger partial charge in [0.15, 0.2) is 0 Å². The monoisotopic (exact) mass is 299 g/mol. The number of H-pyrrole nitrogens is 1. The van der Waals surface area contributed by atoms with Gasteiger partial charge in [0.05, 0.1) is 3.79 Å². The fraction of sp³-hybridized carbons (Fsp3) is 0. The Bertz CT molecular complexity index is 602. The number of aromatic carboxylic acids is 1. The molecule has 4 nitrogen and oxygen atoms in total. The summed E-state index contributed by atoms with van der Waals surface area (Å²) in [5.74, 6) is -1.22. The highest BCUT2D eigenvalue weighted by Gasteiger charge is 2.16. The summed E-state index contributed by atoms with van der Waals surface area (Å²) in [6.45, 7) is 0. The number of carboxylic acids is 1. The molecule has 6 heteroatoms. The minimum Gasteiger partial charge on any atom is -0.477 e. The maximum Gasteiger partial charge on any atom is 0.342 e. The van der Waals surface area contributed by atoms with Crippen molar-refractivity contribution in [2.45, 2.75) is 0 Å². The topological polar surface area (TPSA) is 70.2 Å². The van der Waals surface area contributed by atoms with Crippen LogP contribution in [0.2, 0.25) is 0 Å². The quantitative estimate of drug-likeness (QED) is 0.895. The van der Waals surface area contributed by atoms with Crippen molar-refractivity contribution in [3.63, 3.8) is 0 Å². The van der Waals surface area contributed by atoms with Crippen LogP contribution in [0.3, 0.4) is 0 Å². The van der Waals surface area contributed by atoms with E-state index in [9.17, 15) is 9.59 Å². The molecule has 0 atom stereocenters. The van der Waals surface area contributed by atoms with Gasteiger partial charge in [-0.3, -0.25) is 4.79 Å². The van der Waals surface area contributed by atoms with Crippen molar-refractivity contribution >= 4 is 33.2 Å². The molecule has 2 aromatic rings. The van der Waals surface area contributed by atoms with E-state index >= 15 is 0 Å². The molecule has 0 aliphatic rings. The van der Waals surface area contributed by atoms with E-state index in [2.05, 4.69) is 20.9 Å². The third kappa shape index (κ3) is 1.94. The second kappa shape index (κ2) is 4.23. The fourth-order valence-electron chi connectivity index (χ4n) is 1.36. The SMILES string of the molecule is O=C(O)c1c(-c2ccc(Br)s2)cc[nH]c1=O. The lowest BCUT2D eigenvalue weighted by Crippen LogP contribution is -2.17. The number of thiophene rings is 1. The van der Waals surface area contributed by atoms with E-state index in [1.54, 1.807) is 12.1 Å². The number of halogens is 1. The van der Waals surface area contributed by atoms with E-state index in [1.807, 2.05) is 6.07 Å². The molecule has 0 aliphatic carbocycles. The molecule has 0 fully saturated rings. The molecule has 0 radical (unpaired) electrons. The van der Waals surface area contributed by atoms with Gasteiger partial charge in [-0.05, 0) is 34.1 Å². The Kier molecular flexibility index (Phi) is 2.93. The molecule has 82 valence electrons. The third-order valence-electron chi connectivity index (χ3n) is 2.01. The van der Waals surface area contributed by atoms with Crippen LogP contribution in [0.1, 0.15) is 10.4 Å². The minimum atomic E-state index is -1.22. The Morgan fingerprint density at radius 2 is 2.12 bits per heavy atom. The summed E-state index contributed by atoms with van der Waals surface area (Å²) in [4.78, 5) is 25.5.